The van der Waals surface area contributed by atoms with E-state index >= 15 is 0 Å². The van der Waals surface area contributed by atoms with Crippen molar-refractivity contribution in [3.05, 3.63) is 59.0 Å². The predicted molar refractivity (Wildman–Crippen MR) is 118 cm³/mol. The molecule has 1 aromatic heterocycles. The van der Waals surface area contributed by atoms with E-state index in [0.717, 1.165) is 41.4 Å². The Labute approximate surface area is 203 Å². The van der Waals surface area contributed by atoms with Gasteiger partial charge in [-0.05, 0) is 42.4 Å². The second-order valence-corrected chi connectivity index (χ2v) is 10.0. The standard InChI is InChI=1S/C23H23ClN4OS.Li/c1-3-28(12-5-4-11-25)21-14-9-10-23-16-7-6-8-18(24)15(16)13-17(23)19(23)20(14)26-22(27-21)30(2)29;/h5-8,17,19H,1,3-4,9-10,12-13H2,2H3;/q-2;+1/t17?,19?,23-,30?;/m1./s1. The van der Waals surface area contributed by atoms with E-state index in [-0.39, 0.29) is 24.3 Å². The van der Waals surface area contributed by atoms with Crippen molar-refractivity contribution in [2.24, 2.45) is 5.92 Å². The molecule has 1 aromatic carbocycles. The van der Waals surface area contributed by atoms with Crippen molar-refractivity contribution in [1.29, 1.82) is 5.26 Å². The molecular weight excluding hydrogens is 423 g/mol. The molecular formula is C23H23ClLiN4OS-. The van der Waals surface area contributed by atoms with Crippen molar-refractivity contribution in [3.63, 3.8) is 0 Å². The number of rotatable bonds is 6. The Morgan fingerprint density at radius 3 is 2.94 bits per heavy atom. The second kappa shape index (κ2) is 8.52. The van der Waals surface area contributed by atoms with Gasteiger partial charge in [0.25, 0.3) is 0 Å². The van der Waals surface area contributed by atoms with E-state index in [2.05, 4.69) is 35.0 Å². The molecule has 1 heterocycles. The zero-order valence-corrected chi connectivity index (χ0v) is 19.5. The molecule has 0 N–H and O–H groups in total. The van der Waals surface area contributed by atoms with Gasteiger partial charge in [0, 0.05) is 34.2 Å². The monoisotopic (exact) mass is 445 g/mol. The molecule has 2 aromatic rings. The Balaban J connectivity index is 0.00000231. The summed E-state index contributed by atoms with van der Waals surface area (Å²) >= 11 is 6.49. The predicted octanol–water partition coefficient (Wildman–Crippen LogP) is 0.784. The summed E-state index contributed by atoms with van der Waals surface area (Å²) < 4.78 is 12.3. The van der Waals surface area contributed by atoms with Crippen LogP contribution >= 0.6 is 11.6 Å². The van der Waals surface area contributed by atoms with Gasteiger partial charge in [0.2, 0.25) is 5.16 Å². The van der Waals surface area contributed by atoms with Crippen LogP contribution in [0.2, 0.25) is 5.02 Å². The van der Waals surface area contributed by atoms with Crippen molar-refractivity contribution >= 4 is 28.2 Å². The number of fused-ring (bicyclic) bond motifs is 4. The van der Waals surface area contributed by atoms with E-state index in [0.29, 0.717) is 36.5 Å². The number of unbranched alkanes of at least 4 members (excludes halogenated alkanes) is 1. The smallest absolute Gasteiger partial charge is 0.416 e. The van der Waals surface area contributed by atoms with Crippen LogP contribution in [0.4, 0.5) is 5.82 Å². The first-order chi connectivity index (χ1) is 14.5. The number of nitriles is 1. The fourth-order valence-corrected chi connectivity index (χ4v) is 6.47. The van der Waals surface area contributed by atoms with E-state index in [1.807, 2.05) is 12.5 Å². The summed E-state index contributed by atoms with van der Waals surface area (Å²) in [5, 5.41) is 10.1. The number of aromatic nitrogens is 2. The van der Waals surface area contributed by atoms with E-state index in [1.165, 1.54) is 11.1 Å². The van der Waals surface area contributed by atoms with Gasteiger partial charge in [0.1, 0.15) is 5.82 Å². The molecule has 1 spiro atoms. The Kier molecular flexibility index (Phi) is 6.27. The van der Waals surface area contributed by atoms with Crippen LogP contribution in [0.5, 0.6) is 0 Å². The normalized spacial score (nSPS) is 25.2. The molecule has 31 heavy (non-hydrogen) atoms. The van der Waals surface area contributed by atoms with Gasteiger partial charge in [-0.1, -0.05) is 30.2 Å². The van der Waals surface area contributed by atoms with Gasteiger partial charge < -0.3 is 11.8 Å². The van der Waals surface area contributed by atoms with Gasteiger partial charge in [-0.25, -0.2) is 15.2 Å². The van der Waals surface area contributed by atoms with Crippen LogP contribution in [0.1, 0.15) is 41.1 Å². The molecule has 1 saturated carbocycles. The van der Waals surface area contributed by atoms with Crippen LogP contribution in [-0.2, 0) is 29.1 Å². The number of anilines is 1. The first-order valence-electron chi connectivity index (χ1n) is 10.3. The Bertz CT molecular complexity index is 1100. The quantitative estimate of drug-likeness (QED) is 0.284. The van der Waals surface area contributed by atoms with Crippen molar-refractivity contribution in [2.45, 2.75) is 42.2 Å². The molecule has 0 aliphatic heterocycles. The fraction of sp³-hybridized carbons (Fsp3) is 0.435. The summed E-state index contributed by atoms with van der Waals surface area (Å²) in [5.41, 5.74) is 5.01. The van der Waals surface area contributed by atoms with Gasteiger partial charge in [0.05, 0.1) is 16.5 Å². The summed E-state index contributed by atoms with van der Waals surface area (Å²) in [4.78, 5) is 11.6. The van der Waals surface area contributed by atoms with E-state index in [9.17, 15) is 4.21 Å². The Morgan fingerprint density at radius 1 is 1.42 bits per heavy atom. The minimum absolute atomic E-state index is 0. The molecule has 0 bridgehead atoms. The van der Waals surface area contributed by atoms with Crippen molar-refractivity contribution in [3.8, 4) is 6.07 Å². The maximum Gasteiger partial charge on any atom is 1.00 e. The van der Waals surface area contributed by atoms with Gasteiger partial charge in [-0.3, -0.25) is 10.6 Å². The molecule has 3 aliphatic rings. The molecule has 5 nitrogen and oxygen atoms in total. The first kappa shape index (κ1) is 22.8. The maximum absolute atomic E-state index is 12.3. The average Bonchev–Trinajstić information content (AvgIpc) is 3.29. The van der Waals surface area contributed by atoms with Gasteiger partial charge in [-0.2, -0.15) is 0 Å². The maximum atomic E-state index is 12.3. The van der Waals surface area contributed by atoms with Crippen LogP contribution in [0.15, 0.2) is 23.4 Å². The third-order valence-electron chi connectivity index (χ3n) is 7.05. The van der Waals surface area contributed by atoms with Crippen LogP contribution in [0, 0.1) is 30.6 Å². The molecule has 156 valence electrons. The number of nitrogens with zero attached hydrogens (tertiary/aromatic N) is 4. The molecule has 4 atom stereocenters. The van der Waals surface area contributed by atoms with Crippen molar-refractivity contribution in [1.82, 2.24) is 9.97 Å². The van der Waals surface area contributed by atoms with Crippen molar-refractivity contribution < 1.29 is 23.1 Å². The van der Waals surface area contributed by atoms with E-state index in [1.54, 1.807) is 6.26 Å². The van der Waals surface area contributed by atoms with Crippen LogP contribution in [0.25, 0.3) is 0 Å². The van der Waals surface area contributed by atoms with Crippen LogP contribution in [0.3, 0.4) is 0 Å². The molecule has 1 fully saturated rings. The van der Waals surface area contributed by atoms with Crippen LogP contribution < -0.4 is 23.8 Å². The minimum atomic E-state index is -1.27. The molecule has 5 rings (SSSR count). The molecule has 0 saturated heterocycles. The van der Waals surface area contributed by atoms with E-state index < -0.39 is 10.8 Å². The average molecular weight is 446 g/mol. The topological polar surface area (TPSA) is 69.9 Å². The van der Waals surface area contributed by atoms with Crippen molar-refractivity contribution in [2.75, 3.05) is 24.2 Å². The number of hydrogen-bond donors (Lipinski definition) is 0. The fourth-order valence-electron chi connectivity index (χ4n) is 5.77. The van der Waals surface area contributed by atoms with Gasteiger partial charge in [-0.15, -0.1) is 13.1 Å². The Hall–Kier alpha value is -1.37. The number of benzene rings is 1. The zero-order chi connectivity index (χ0) is 21.0. The largest absolute Gasteiger partial charge is 1.00 e. The summed E-state index contributed by atoms with van der Waals surface area (Å²) in [6.07, 6.45) is 6.86. The number of halogens is 1. The summed E-state index contributed by atoms with van der Waals surface area (Å²) in [5.74, 6) is 1.68. The summed E-state index contributed by atoms with van der Waals surface area (Å²) in [6.45, 7) is 5.18. The third kappa shape index (κ3) is 3.37. The molecule has 3 unspecified atom stereocenters. The van der Waals surface area contributed by atoms with Crippen LogP contribution in [-0.4, -0.2) is 33.5 Å². The third-order valence-corrected chi connectivity index (χ3v) is 8.10. The minimum Gasteiger partial charge on any atom is -0.416 e. The number of hydrogen-bond acceptors (Lipinski definition) is 5. The molecule has 0 radical (unpaired) electrons. The zero-order valence-electron chi connectivity index (χ0n) is 17.9. The molecule has 8 heteroatoms. The molecule has 3 aliphatic carbocycles. The Morgan fingerprint density at radius 2 is 2.23 bits per heavy atom. The van der Waals surface area contributed by atoms with E-state index in [4.69, 9.17) is 21.8 Å². The first-order valence-corrected chi connectivity index (χ1v) is 12.2. The summed E-state index contributed by atoms with van der Waals surface area (Å²) in [6, 6.07) is 8.41. The second-order valence-electron chi connectivity index (χ2n) is 8.34. The summed E-state index contributed by atoms with van der Waals surface area (Å²) in [7, 11) is -1.27. The molecule has 0 amide bonds. The SMILES string of the molecule is [CH2-]CN(C[CH-]CC#N)c1nc(S(C)=O)nc2c1CC[C@@]13c4cccc(Cl)c4CC1C23.[Li+]. The van der Waals surface area contributed by atoms with Gasteiger partial charge in [0.15, 0.2) is 0 Å². The van der Waals surface area contributed by atoms with Gasteiger partial charge >= 0.3 is 18.9 Å².